The van der Waals surface area contributed by atoms with Crippen molar-refractivity contribution in [3.05, 3.63) is 47.5 Å². The van der Waals surface area contributed by atoms with Crippen LogP contribution >= 0.6 is 23.4 Å². The van der Waals surface area contributed by atoms with Gasteiger partial charge in [0.1, 0.15) is 13.2 Å². The number of rotatable bonds is 6. The fourth-order valence-electron chi connectivity index (χ4n) is 4.14. The summed E-state index contributed by atoms with van der Waals surface area (Å²) < 4.78 is 13.3. The number of amides is 1. The molecule has 1 aliphatic heterocycles. The highest BCUT2D eigenvalue weighted by molar-refractivity contribution is 7.99. The van der Waals surface area contributed by atoms with Gasteiger partial charge in [-0.3, -0.25) is 9.36 Å². The predicted molar refractivity (Wildman–Crippen MR) is 125 cm³/mol. The first-order chi connectivity index (χ1) is 15.7. The Morgan fingerprint density at radius 3 is 2.69 bits per heavy atom. The summed E-state index contributed by atoms with van der Waals surface area (Å²) in [6, 6.07) is 13.4. The van der Waals surface area contributed by atoms with Crippen molar-refractivity contribution in [2.45, 2.75) is 36.9 Å². The topological polar surface area (TPSA) is 78.3 Å². The van der Waals surface area contributed by atoms with Gasteiger partial charge >= 0.3 is 0 Å². The van der Waals surface area contributed by atoms with Crippen LogP contribution in [0.2, 0.25) is 5.02 Å². The second-order valence-corrected chi connectivity index (χ2v) is 9.14. The van der Waals surface area contributed by atoms with Gasteiger partial charge in [-0.2, -0.15) is 0 Å². The number of thioether (sulfide) groups is 1. The van der Waals surface area contributed by atoms with Crippen LogP contribution in [0, 0.1) is 0 Å². The Hall–Kier alpha value is -2.71. The molecule has 1 aromatic heterocycles. The standard InChI is InChI=1S/C23H23ClN4O3S/c24-18-8-4-3-7-17(18)22-26-27-23(28(22)16-5-1-2-6-16)32-14-21(29)25-15-9-10-19-20(13-15)31-12-11-30-19/h3-4,7-10,13,16H,1-2,5-6,11-12,14H2,(H,25,29). The van der Waals surface area contributed by atoms with Gasteiger partial charge in [0.2, 0.25) is 5.91 Å². The van der Waals surface area contributed by atoms with Gasteiger partial charge in [0.15, 0.2) is 22.5 Å². The fraction of sp³-hybridized carbons (Fsp3) is 0.348. The van der Waals surface area contributed by atoms with Crippen molar-refractivity contribution in [3.8, 4) is 22.9 Å². The van der Waals surface area contributed by atoms with Crippen molar-refractivity contribution in [2.75, 3.05) is 24.3 Å². The Kier molecular flexibility index (Phi) is 6.23. The lowest BCUT2D eigenvalue weighted by Crippen LogP contribution is -2.17. The summed E-state index contributed by atoms with van der Waals surface area (Å²) in [5, 5.41) is 13.2. The number of ether oxygens (including phenoxy) is 2. The number of halogens is 1. The Morgan fingerprint density at radius 1 is 1.09 bits per heavy atom. The van der Waals surface area contributed by atoms with Crippen molar-refractivity contribution in [3.63, 3.8) is 0 Å². The number of hydrogen-bond donors (Lipinski definition) is 1. The molecule has 0 spiro atoms. The molecule has 0 unspecified atom stereocenters. The Bertz CT molecular complexity index is 1130. The maximum Gasteiger partial charge on any atom is 0.234 e. The van der Waals surface area contributed by atoms with Crippen molar-refractivity contribution in [2.24, 2.45) is 0 Å². The Balaban J connectivity index is 1.32. The minimum Gasteiger partial charge on any atom is -0.486 e. The van der Waals surface area contributed by atoms with E-state index in [0.717, 1.165) is 29.4 Å². The highest BCUT2D eigenvalue weighted by Crippen LogP contribution is 2.38. The van der Waals surface area contributed by atoms with E-state index in [4.69, 9.17) is 21.1 Å². The summed E-state index contributed by atoms with van der Waals surface area (Å²) in [6.45, 7) is 1.04. The number of anilines is 1. The molecule has 1 N–H and O–H groups in total. The number of aromatic nitrogens is 3. The zero-order valence-corrected chi connectivity index (χ0v) is 19.0. The monoisotopic (exact) mass is 470 g/mol. The van der Waals surface area contributed by atoms with E-state index in [2.05, 4.69) is 20.1 Å². The van der Waals surface area contributed by atoms with E-state index < -0.39 is 0 Å². The summed E-state index contributed by atoms with van der Waals surface area (Å²) in [6.07, 6.45) is 4.51. The van der Waals surface area contributed by atoms with Crippen LogP contribution in [0.3, 0.4) is 0 Å². The number of hydrogen-bond acceptors (Lipinski definition) is 6. The van der Waals surface area contributed by atoms with E-state index in [1.807, 2.05) is 36.4 Å². The SMILES string of the molecule is O=C(CSc1nnc(-c2ccccc2Cl)n1C1CCCC1)Nc1ccc2c(c1)OCCO2. The van der Waals surface area contributed by atoms with Gasteiger partial charge in [0.05, 0.1) is 10.8 Å². The molecule has 1 fully saturated rings. The minimum atomic E-state index is -0.119. The largest absolute Gasteiger partial charge is 0.486 e. The molecule has 3 aromatic rings. The second-order valence-electron chi connectivity index (χ2n) is 7.79. The Morgan fingerprint density at radius 2 is 1.88 bits per heavy atom. The number of carbonyl (C=O) groups is 1. The lowest BCUT2D eigenvalue weighted by molar-refractivity contribution is -0.113. The summed E-state index contributed by atoms with van der Waals surface area (Å²) in [4.78, 5) is 12.6. The maximum atomic E-state index is 12.6. The van der Waals surface area contributed by atoms with Crippen LogP contribution in [0.1, 0.15) is 31.7 Å². The van der Waals surface area contributed by atoms with Crippen LogP contribution in [0.15, 0.2) is 47.6 Å². The molecule has 7 nitrogen and oxygen atoms in total. The van der Waals surface area contributed by atoms with Gasteiger partial charge in [-0.15, -0.1) is 10.2 Å². The third kappa shape index (κ3) is 4.42. The van der Waals surface area contributed by atoms with Gasteiger partial charge < -0.3 is 14.8 Å². The number of fused-ring (bicyclic) bond motifs is 1. The molecule has 5 rings (SSSR count). The summed E-state index contributed by atoms with van der Waals surface area (Å²) >= 11 is 7.83. The second kappa shape index (κ2) is 9.42. The van der Waals surface area contributed by atoms with E-state index in [9.17, 15) is 4.79 Å². The molecule has 2 aromatic carbocycles. The molecule has 2 aliphatic rings. The first-order valence-corrected chi connectivity index (χ1v) is 12.1. The predicted octanol–water partition coefficient (Wildman–Crippen LogP) is 5.22. The molecule has 166 valence electrons. The van der Waals surface area contributed by atoms with E-state index in [1.165, 1.54) is 24.6 Å². The number of nitrogens with one attached hydrogen (secondary N) is 1. The Labute approximate surface area is 195 Å². The lowest BCUT2D eigenvalue weighted by Gasteiger charge is -2.19. The highest BCUT2D eigenvalue weighted by atomic mass is 35.5. The molecule has 1 saturated carbocycles. The van der Waals surface area contributed by atoms with E-state index >= 15 is 0 Å². The van der Waals surface area contributed by atoms with Crippen molar-refractivity contribution >= 4 is 35.0 Å². The normalized spacial score (nSPS) is 15.7. The van der Waals surface area contributed by atoms with E-state index in [1.54, 1.807) is 6.07 Å². The summed E-state index contributed by atoms with van der Waals surface area (Å²) in [7, 11) is 0. The first-order valence-electron chi connectivity index (χ1n) is 10.7. The van der Waals surface area contributed by atoms with E-state index in [-0.39, 0.29) is 11.7 Å². The van der Waals surface area contributed by atoms with Gasteiger partial charge in [0.25, 0.3) is 0 Å². The average molecular weight is 471 g/mol. The van der Waals surface area contributed by atoms with E-state index in [0.29, 0.717) is 41.5 Å². The van der Waals surface area contributed by atoms with Crippen LogP contribution in [-0.4, -0.2) is 39.6 Å². The number of benzene rings is 2. The molecule has 1 aliphatic carbocycles. The molecule has 0 bridgehead atoms. The molecule has 1 amide bonds. The molecule has 9 heteroatoms. The van der Waals surface area contributed by atoms with Crippen molar-refractivity contribution in [1.29, 1.82) is 0 Å². The molecule has 2 heterocycles. The fourth-order valence-corrected chi connectivity index (χ4v) is 5.17. The van der Waals surface area contributed by atoms with Gasteiger partial charge in [-0.05, 0) is 37.1 Å². The molecule has 0 saturated heterocycles. The third-order valence-corrected chi connectivity index (χ3v) is 6.90. The summed E-state index contributed by atoms with van der Waals surface area (Å²) in [5.74, 6) is 2.21. The number of nitrogens with zero attached hydrogens (tertiary/aromatic N) is 3. The smallest absolute Gasteiger partial charge is 0.234 e. The number of carbonyl (C=O) groups excluding carboxylic acids is 1. The van der Waals surface area contributed by atoms with Crippen LogP contribution in [-0.2, 0) is 4.79 Å². The van der Waals surface area contributed by atoms with Crippen LogP contribution < -0.4 is 14.8 Å². The van der Waals surface area contributed by atoms with Gasteiger partial charge in [-0.1, -0.05) is 48.3 Å². The molecular weight excluding hydrogens is 448 g/mol. The van der Waals surface area contributed by atoms with Crippen LogP contribution in [0.25, 0.3) is 11.4 Å². The first kappa shape index (κ1) is 21.2. The van der Waals surface area contributed by atoms with Crippen LogP contribution in [0.5, 0.6) is 11.5 Å². The van der Waals surface area contributed by atoms with Crippen molar-refractivity contribution < 1.29 is 14.3 Å². The molecule has 32 heavy (non-hydrogen) atoms. The summed E-state index contributed by atoms with van der Waals surface area (Å²) in [5.41, 5.74) is 1.54. The zero-order chi connectivity index (χ0) is 21.9. The average Bonchev–Trinajstić information content (AvgIpc) is 3.48. The molecular formula is C23H23ClN4O3S. The molecule has 0 atom stereocenters. The van der Waals surface area contributed by atoms with Gasteiger partial charge in [0, 0.05) is 23.4 Å². The van der Waals surface area contributed by atoms with Crippen molar-refractivity contribution in [1.82, 2.24) is 14.8 Å². The third-order valence-electron chi connectivity index (χ3n) is 5.63. The van der Waals surface area contributed by atoms with Gasteiger partial charge in [-0.25, -0.2) is 0 Å². The quantitative estimate of drug-likeness (QED) is 0.498. The highest BCUT2D eigenvalue weighted by Gasteiger charge is 2.26. The minimum absolute atomic E-state index is 0.119. The van der Waals surface area contributed by atoms with Crippen LogP contribution in [0.4, 0.5) is 5.69 Å². The zero-order valence-electron chi connectivity index (χ0n) is 17.4. The lowest BCUT2D eigenvalue weighted by atomic mass is 10.2. The maximum absolute atomic E-state index is 12.6. The molecule has 0 radical (unpaired) electrons.